The normalized spacial score (nSPS) is 10.2. The molecule has 0 bridgehead atoms. The lowest BCUT2D eigenvalue weighted by Gasteiger charge is -2.10. The summed E-state index contributed by atoms with van der Waals surface area (Å²) in [5, 5.41) is 18.0. The number of benzene rings is 2. The largest absolute Gasteiger partial charge is 0.491 e. The summed E-state index contributed by atoms with van der Waals surface area (Å²) in [7, 11) is 0. The molecule has 0 heterocycles. The standard InChI is InChI=1S/C15H14O4/c16-8-9-19-12-6-7-13(14(10-12)15(17)18)11-4-2-1-3-5-11/h1-7,10,16H,8-9H2,(H,17,18). The summed E-state index contributed by atoms with van der Waals surface area (Å²) in [5.41, 5.74) is 1.67. The summed E-state index contributed by atoms with van der Waals surface area (Å²) in [4.78, 5) is 11.3. The van der Waals surface area contributed by atoms with E-state index in [0.717, 1.165) is 5.56 Å². The Bertz CT molecular complexity index is 564. The van der Waals surface area contributed by atoms with Crippen molar-refractivity contribution in [3.05, 3.63) is 54.1 Å². The van der Waals surface area contributed by atoms with Crippen LogP contribution in [0.3, 0.4) is 0 Å². The molecule has 4 heteroatoms. The van der Waals surface area contributed by atoms with Gasteiger partial charge < -0.3 is 14.9 Å². The molecule has 0 fully saturated rings. The quantitative estimate of drug-likeness (QED) is 0.864. The monoisotopic (exact) mass is 258 g/mol. The molecule has 0 aliphatic heterocycles. The van der Waals surface area contributed by atoms with Gasteiger partial charge in [-0.2, -0.15) is 0 Å². The molecule has 0 unspecified atom stereocenters. The van der Waals surface area contributed by atoms with Crippen molar-refractivity contribution in [3.8, 4) is 16.9 Å². The number of hydrogen-bond donors (Lipinski definition) is 2. The van der Waals surface area contributed by atoms with Gasteiger partial charge in [-0.25, -0.2) is 4.79 Å². The van der Waals surface area contributed by atoms with Crippen LogP contribution in [0.4, 0.5) is 0 Å². The average molecular weight is 258 g/mol. The first-order valence-corrected chi connectivity index (χ1v) is 5.89. The Labute approximate surface area is 110 Å². The molecule has 2 rings (SSSR count). The van der Waals surface area contributed by atoms with Gasteiger partial charge in [-0.05, 0) is 29.3 Å². The van der Waals surface area contributed by atoms with E-state index in [1.807, 2.05) is 30.3 Å². The van der Waals surface area contributed by atoms with Gasteiger partial charge in [-0.15, -0.1) is 0 Å². The van der Waals surface area contributed by atoms with E-state index in [-0.39, 0.29) is 18.8 Å². The average Bonchev–Trinajstić information content (AvgIpc) is 2.45. The fourth-order valence-electron chi connectivity index (χ4n) is 1.82. The number of aliphatic hydroxyl groups excluding tert-OH is 1. The topological polar surface area (TPSA) is 66.8 Å². The minimum absolute atomic E-state index is 0.108. The molecule has 2 aromatic carbocycles. The second-order valence-electron chi connectivity index (χ2n) is 3.95. The predicted molar refractivity (Wildman–Crippen MR) is 71.4 cm³/mol. The molecule has 0 saturated carbocycles. The minimum Gasteiger partial charge on any atom is -0.491 e. The molecular formula is C15H14O4. The highest BCUT2D eigenvalue weighted by Gasteiger charge is 2.12. The molecule has 0 amide bonds. The molecule has 0 radical (unpaired) electrons. The molecule has 0 aliphatic rings. The first-order valence-electron chi connectivity index (χ1n) is 5.89. The minimum atomic E-state index is -1.01. The fourth-order valence-corrected chi connectivity index (χ4v) is 1.82. The maximum absolute atomic E-state index is 11.3. The number of aliphatic hydroxyl groups is 1. The lowest BCUT2D eigenvalue weighted by Crippen LogP contribution is -2.04. The van der Waals surface area contributed by atoms with Gasteiger partial charge in [-0.3, -0.25) is 0 Å². The zero-order valence-corrected chi connectivity index (χ0v) is 10.2. The maximum atomic E-state index is 11.3. The van der Waals surface area contributed by atoms with Crippen molar-refractivity contribution in [1.82, 2.24) is 0 Å². The lowest BCUT2D eigenvalue weighted by atomic mass is 9.99. The van der Waals surface area contributed by atoms with E-state index in [1.165, 1.54) is 6.07 Å². The smallest absolute Gasteiger partial charge is 0.336 e. The van der Waals surface area contributed by atoms with Crippen LogP contribution in [0.1, 0.15) is 10.4 Å². The van der Waals surface area contributed by atoms with Crippen LogP contribution < -0.4 is 4.74 Å². The Hall–Kier alpha value is -2.33. The van der Waals surface area contributed by atoms with Crippen LogP contribution >= 0.6 is 0 Å². The predicted octanol–water partition coefficient (Wildman–Crippen LogP) is 2.42. The van der Waals surface area contributed by atoms with E-state index in [4.69, 9.17) is 9.84 Å². The number of carboxylic acid groups (broad SMARTS) is 1. The zero-order valence-electron chi connectivity index (χ0n) is 10.2. The van der Waals surface area contributed by atoms with Crippen molar-refractivity contribution < 1.29 is 19.7 Å². The van der Waals surface area contributed by atoms with Crippen molar-refractivity contribution in [2.24, 2.45) is 0 Å². The summed E-state index contributed by atoms with van der Waals surface area (Å²) in [6.07, 6.45) is 0. The fraction of sp³-hybridized carbons (Fsp3) is 0.133. The van der Waals surface area contributed by atoms with E-state index in [0.29, 0.717) is 11.3 Å². The third-order valence-electron chi connectivity index (χ3n) is 2.67. The van der Waals surface area contributed by atoms with Crippen molar-refractivity contribution >= 4 is 5.97 Å². The SMILES string of the molecule is O=C(O)c1cc(OCCO)ccc1-c1ccccc1. The first kappa shape index (κ1) is 13.1. The van der Waals surface area contributed by atoms with Crippen LogP contribution in [0.15, 0.2) is 48.5 Å². The van der Waals surface area contributed by atoms with Crippen LogP contribution in [0.25, 0.3) is 11.1 Å². The van der Waals surface area contributed by atoms with Gasteiger partial charge in [0.25, 0.3) is 0 Å². The van der Waals surface area contributed by atoms with Crippen LogP contribution in [-0.2, 0) is 0 Å². The molecule has 0 aliphatic carbocycles. The highest BCUT2D eigenvalue weighted by molar-refractivity contribution is 5.96. The zero-order chi connectivity index (χ0) is 13.7. The number of carboxylic acids is 1. The van der Waals surface area contributed by atoms with E-state index >= 15 is 0 Å². The molecule has 19 heavy (non-hydrogen) atoms. The van der Waals surface area contributed by atoms with E-state index in [2.05, 4.69) is 0 Å². The number of ether oxygens (including phenoxy) is 1. The summed E-state index contributed by atoms with van der Waals surface area (Å²) in [5.74, 6) is -0.570. The summed E-state index contributed by atoms with van der Waals surface area (Å²) < 4.78 is 5.22. The van der Waals surface area contributed by atoms with E-state index < -0.39 is 5.97 Å². The van der Waals surface area contributed by atoms with Gasteiger partial charge >= 0.3 is 5.97 Å². The molecule has 0 atom stereocenters. The van der Waals surface area contributed by atoms with E-state index in [9.17, 15) is 9.90 Å². The molecule has 4 nitrogen and oxygen atoms in total. The molecular weight excluding hydrogens is 244 g/mol. The Morgan fingerprint density at radius 3 is 2.47 bits per heavy atom. The molecule has 0 aromatic heterocycles. The summed E-state index contributed by atoms with van der Waals surface area (Å²) in [6, 6.07) is 14.2. The molecule has 0 saturated heterocycles. The molecule has 98 valence electrons. The molecule has 2 N–H and O–H groups in total. The van der Waals surface area contributed by atoms with Crippen molar-refractivity contribution in [2.75, 3.05) is 13.2 Å². The molecule has 0 spiro atoms. The summed E-state index contributed by atoms with van der Waals surface area (Å²) in [6.45, 7) is 0.0343. The number of rotatable bonds is 5. The van der Waals surface area contributed by atoms with Gasteiger partial charge in [0.05, 0.1) is 12.2 Å². The Morgan fingerprint density at radius 1 is 1.11 bits per heavy atom. The van der Waals surface area contributed by atoms with Crippen LogP contribution in [0.5, 0.6) is 5.75 Å². The first-order chi connectivity index (χ1) is 9.22. The number of carbonyl (C=O) groups is 1. The molecule has 2 aromatic rings. The van der Waals surface area contributed by atoms with E-state index in [1.54, 1.807) is 12.1 Å². The highest BCUT2D eigenvalue weighted by atomic mass is 16.5. The third-order valence-corrected chi connectivity index (χ3v) is 2.67. The van der Waals surface area contributed by atoms with Gasteiger partial charge in [0.2, 0.25) is 0 Å². The maximum Gasteiger partial charge on any atom is 0.336 e. The highest BCUT2D eigenvalue weighted by Crippen LogP contribution is 2.27. The Balaban J connectivity index is 2.41. The van der Waals surface area contributed by atoms with Crippen molar-refractivity contribution in [3.63, 3.8) is 0 Å². The Morgan fingerprint density at radius 2 is 1.84 bits per heavy atom. The number of aromatic carboxylic acids is 1. The van der Waals surface area contributed by atoms with Gasteiger partial charge in [-0.1, -0.05) is 30.3 Å². The summed E-state index contributed by atoms with van der Waals surface area (Å²) >= 11 is 0. The van der Waals surface area contributed by atoms with Crippen molar-refractivity contribution in [2.45, 2.75) is 0 Å². The van der Waals surface area contributed by atoms with Gasteiger partial charge in [0.1, 0.15) is 12.4 Å². The Kier molecular flexibility index (Phi) is 4.15. The van der Waals surface area contributed by atoms with Gasteiger partial charge in [0, 0.05) is 0 Å². The van der Waals surface area contributed by atoms with Crippen LogP contribution in [0.2, 0.25) is 0 Å². The lowest BCUT2D eigenvalue weighted by molar-refractivity contribution is 0.0697. The van der Waals surface area contributed by atoms with Gasteiger partial charge in [0.15, 0.2) is 0 Å². The third kappa shape index (κ3) is 3.11. The van der Waals surface area contributed by atoms with Crippen LogP contribution in [-0.4, -0.2) is 29.4 Å². The van der Waals surface area contributed by atoms with Crippen molar-refractivity contribution in [1.29, 1.82) is 0 Å². The van der Waals surface area contributed by atoms with Crippen LogP contribution in [0, 0.1) is 0 Å². The number of hydrogen-bond acceptors (Lipinski definition) is 3. The second-order valence-corrected chi connectivity index (χ2v) is 3.95. The second kappa shape index (κ2) is 6.02.